The summed E-state index contributed by atoms with van der Waals surface area (Å²) in [4.78, 5) is 1.49. The number of alkyl halides is 3. The molecular weight excluding hydrogens is 221 g/mol. The molecule has 0 aromatic heterocycles. The van der Waals surface area contributed by atoms with E-state index in [4.69, 9.17) is 0 Å². The quantitative estimate of drug-likeness (QED) is 0.705. The van der Waals surface area contributed by atoms with Gasteiger partial charge in [-0.25, -0.2) is 0 Å². The van der Waals surface area contributed by atoms with Crippen LogP contribution in [0.4, 0.5) is 13.2 Å². The fourth-order valence-electron chi connectivity index (χ4n) is 1.20. The van der Waals surface area contributed by atoms with Gasteiger partial charge in [0, 0.05) is 25.7 Å². The van der Waals surface area contributed by atoms with Crippen LogP contribution in [-0.2, 0) is 0 Å². The van der Waals surface area contributed by atoms with Crippen LogP contribution >= 0.6 is 0 Å². The molecule has 0 amide bonds. The lowest BCUT2D eigenvalue weighted by Crippen LogP contribution is -2.39. The highest BCUT2D eigenvalue weighted by atomic mass is 19.4. The summed E-state index contributed by atoms with van der Waals surface area (Å²) in [5, 5.41) is 12.5. The summed E-state index contributed by atoms with van der Waals surface area (Å²) in [6.45, 7) is 4.45. The molecule has 1 atom stereocenters. The Bertz CT molecular complexity index is 185. The zero-order valence-corrected chi connectivity index (χ0v) is 10.0. The van der Waals surface area contributed by atoms with Gasteiger partial charge in [-0.1, -0.05) is 13.8 Å². The number of likely N-dealkylation sites (N-methyl/N-ethyl adjacent to an activating group) is 1. The minimum atomic E-state index is -4.13. The van der Waals surface area contributed by atoms with Crippen molar-refractivity contribution >= 4 is 0 Å². The maximum Gasteiger partial charge on any atom is 0.390 e. The molecular formula is C10H21F3N2O. The molecule has 3 nitrogen and oxygen atoms in total. The SMILES string of the molecule is CC(C)NCC(O)CN(C)CCC(F)(F)F. The van der Waals surface area contributed by atoms with Crippen molar-refractivity contribution in [3.8, 4) is 0 Å². The van der Waals surface area contributed by atoms with Gasteiger partial charge < -0.3 is 15.3 Å². The van der Waals surface area contributed by atoms with Crippen LogP contribution in [0.15, 0.2) is 0 Å². The number of aliphatic hydroxyl groups is 1. The van der Waals surface area contributed by atoms with E-state index in [1.54, 1.807) is 7.05 Å². The van der Waals surface area contributed by atoms with Crippen molar-refractivity contribution in [2.24, 2.45) is 0 Å². The first-order chi connectivity index (χ1) is 7.20. The van der Waals surface area contributed by atoms with Gasteiger partial charge in [0.2, 0.25) is 0 Å². The van der Waals surface area contributed by atoms with Crippen LogP contribution in [-0.4, -0.2) is 55.0 Å². The number of rotatable bonds is 7. The van der Waals surface area contributed by atoms with Gasteiger partial charge in [-0.15, -0.1) is 0 Å². The van der Waals surface area contributed by atoms with Gasteiger partial charge in [0.05, 0.1) is 12.5 Å². The molecule has 0 heterocycles. The largest absolute Gasteiger partial charge is 0.390 e. The first kappa shape index (κ1) is 15.7. The molecule has 6 heteroatoms. The van der Waals surface area contributed by atoms with E-state index in [1.807, 2.05) is 13.8 Å². The van der Waals surface area contributed by atoms with Crippen molar-refractivity contribution in [1.82, 2.24) is 10.2 Å². The molecule has 1 unspecified atom stereocenters. The van der Waals surface area contributed by atoms with E-state index < -0.39 is 18.7 Å². The van der Waals surface area contributed by atoms with E-state index in [0.717, 1.165) is 0 Å². The van der Waals surface area contributed by atoms with Gasteiger partial charge in [-0.2, -0.15) is 13.2 Å². The summed E-state index contributed by atoms with van der Waals surface area (Å²) < 4.78 is 35.7. The van der Waals surface area contributed by atoms with Crippen molar-refractivity contribution in [1.29, 1.82) is 0 Å². The molecule has 0 aromatic rings. The third-order valence-electron chi connectivity index (χ3n) is 2.06. The second-order valence-corrected chi connectivity index (χ2v) is 4.34. The molecule has 2 N–H and O–H groups in total. The Kier molecular flexibility index (Phi) is 6.94. The first-order valence-electron chi connectivity index (χ1n) is 5.37. The number of hydrogen-bond acceptors (Lipinski definition) is 3. The van der Waals surface area contributed by atoms with Crippen molar-refractivity contribution in [3.63, 3.8) is 0 Å². The molecule has 0 saturated carbocycles. The smallest absolute Gasteiger partial charge is 0.390 e. The molecule has 0 fully saturated rings. The summed E-state index contributed by atoms with van der Waals surface area (Å²) in [6.07, 6.45) is -5.61. The zero-order valence-electron chi connectivity index (χ0n) is 10.0. The number of hydrogen-bond donors (Lipinski definition) is 2. The third kappa shape index (κ3) is 10.2. The Labute approximate surface area is 94.6 Å². The maximum absolute atomic E-state index is 11.9. The standard InChI is InChI=1S/C10H21F3N2O/c1-8(2)14-6-9(16)7-15(3)5-4-10(11,12)13/h8-9,14,16H,4-7H2,1-3H3. The average molecular weight is 242 g/mol. The topological polar surface area (TPSA) is 35.5 Å². The molecule has 0 rings (SSSR count). The lowest BCUT2D eigenvalue weighted by Gasteiger charge is -2.22. The monoisotopic (exact) mass is 242 g/mol. The fourth-order valence-corrected chi connectivity index (χ4v) is 1.20. The van der Waals surface area contributed by atoms with E-state index >= 15 is 0 Å². The minimum Gasteiger partial charge on any atom is -0.390 e. The van der Waals surface area contributed by atoms with Gasteiger partial charge >= 0.3 is 6.18 Å². The normalized spacial score (nSPS) is 14.8. The predicted molar refractivity (Wildman–Crippen MR) is 57.3 cm³/mol. The minimum absolute atomic E-state index is 0.0811. The summed E-state index contributed by atoms with van der Waals surface area (Å²) in [5.74, 6) is 0. The molecule has 98 valence electrons. The van der Waals surface area contributed by atoms with Gasteiger partial charge in [0.25, 0.3) is 0 Å². The summed E-state index contributed by atoms with van der Waals surface area (Å²) in [5.41, 5.74) is 0. The van der Waals surface area contributed by atoms with E-state index in [-0.39, 0.29) is 19.1 Å². The van der Waals surface area contributed by atoms with E-state index in [2.05, 4.69) is 5.32 Å². The highest BCUT2D eigenvalue weighted by molar-refractivity contribution is 4.67. The Morgan fingerprint density at radius 1 is 1.31 bits per heavy atom. The van der Waals surface area contributed by atoms with E-state index in [0.29, 0.717) is 6.54 Å². The van der Waals surface area contributed by atoms with Crippen LogP contribution in [0, 0.1) is 0 Å². The summed E-state index contributed by atoms with van der Waals surface area (Å²) in [6, 6.07) is 0.259. The van der Waals surface area contributed by atoms with E-state index in [1.165, 1.54) is 4.90 Å². The fraction of sp³-hybridized carbons (Fsp3) is 1.00. The molecule has 0 aliphatic rings. The third-order valence-corrected chi connectivity index (χ3v) is 2.06. The van der Waals surface area contributed by atoms with Crippen LogP contribution in [0.1, 0.15) is 20.3 Å². The molecule has 0 radical (unpaired) electrons. The van der Waals surface area contributed by atoms with E-state index in [9.17, 15) is 18.3 Å². The zero-order chi connectivity index (χ0) is 12.8. The number of nitrogens with zero attached hydrogens (tertiary/aromatic N) is 1. The van der Waals surface area contributed by atoms with Gasteiger partial charge in [0.15, 0.2) is 0 Å². The average Bonchev–Trinajstić information content (AvgIpc) is 2.10. The summed E-state index contributed by atoms with van der Waals surface area (Å²) in [7, 11) is 1.57. The molecule has 0 aromatic carbocycles. The van der Waals surface area contributed by atoms with Crippen molar-refractivity contribution in [2.75, 3.05) is 26.7 Å². The molecule has 0 spiro atoms. The second-order valence-electron chi connectivity index (χ2n) is 4.34. The van der Waals surface area contributed by atoms with Gasteiger partial charge in [0.1, 0.15) is 0 Å². The van der Waals surface area contributed by atoms with Gasteiger partial charge in [-0.05, 0) is 7.05 Å². The van der Waals surface area contributed by atoms with Crippen molar-refractivity contribution < 1.29 is 18.3 Å². The predicted octanol–water partition coefficient (Wildman–Crippen LogP) is 1.23. The Morgan fingerprint density at radius 3 is 2.31 bits per heavy atom. The van der Waals surface area contributed by atoms with Crippen LogP contribution in [0.2, 0.25) is 0 Å². The van der Waals surface area contributed by atoms with Gasteiger partial charge in [-0.3, -0.25) is 0 Å². The highest BCUT2D eigenvalue weighted by Gasteiger charge is 2.27. The molecule has 0 aliphatic carbocycles. The number of aliphatic hydroxyl groups excluding tert-OH is 1. The lowest BCUT2D eigenvalue weighted by atomic mass is 10.3. The van der Waals surface area contributed by atoms with Crippen molar-refractivity contribution in [3.05, 3.63) is 0 Å². The van der Waals surface area contributed by atoms with Crippen LogP contribution in [0.25, 0.3) is 0 Å². The molecule has 0 saturated heterocycles. The number of halogens is 3. The van der Waals surface area contributed by atoms with Crippen LogP contribution in [0.3, 0.4) is 0 Å². The highest BCUT2D eigenvalue weighted by Crippen LogP contribution is 2.19. The maximum atomic E-state index is 11.9. The molecule has 0 aliphatic heterocycles. The second kappa shape index (κ2) is 7.09. The van der Waals surface area contributed by atoms with Crippen LogP contribution < -0.4 is 5.32 Å². The Morgan fingerprint density at radius 2 is 1.88 bits per heavy atom. The molecule has 0 bridgehead atoms. The Hall–Kier alpha value is -0.330. The molecule has 16 heavy (non-hydrogen) atoms. The summed E-state index contributed by atoms with van der Waals surface area (Å²) >= 11 is 0. The first-order valence-corrected chi connectivity index (χ1v) is 5.37. The van der Waals surface area contributed by atoms with Crippen LogP contribution in [0.5, 0.6) is 0 Å². The Balaban J connectivity index is 3.66. The van der Waals surface area contributed by atoms with Crippen molar-refractivity contribution in [2.45, 2.75) is 38.6 Å². The number of nitrogens with one attached hydrogen (secondary N) is 1. The lowest BCUT2D eigenvalue weighted by molar-refractivity contribution is -0.137.